The molecular formula is C16H25NS. The second-order valence-electron chi connectivity index (χ2n) is 4.07. The molecule has 0 radical (unpaired) electrons. The molecule has 2 heteroatoms. The molecule has 0 amide bonds. The Morgan fingerprint density at radius 1 is 1.17 bits per heavy atom. The second-order valence-corrected chi connectivity index (χ2v) is 5.16. The van der Waals surface area contributed by atoms with Gasteiger partial charge in [0.2, 0.25) is 0 Å². The van der Waals surface area contributed by atoms with Gasteiger partial charge in [-0.25, -0.2) is 0 Å². The van der Waals surface area contributed by atoms with Crippen molar-refractivity contribution in [1.82, 2.24) is 4.90 Å². The predicted molar refractivity (Wildman–Crippen MR) is 87.4 cm³/mol. The van der Waals surface area contributed by atoms with E-state index >= 15 is 0 Å². The van der Waals surface area contributed by atoms with Crippen LogP contribution < -0.4 is 0 Å². The van der Waals surface area contributed by atoms with E-state index in [4.69, 9.17) is 0 Å². The van der Waals surface area contributed by atoms with Crippen molar-refractivity contribution in [3.8, 4) is 0 Å². The first-order valence-corrected chi connectivity index (χ1v) is 6.39. The Hall–Kier alpha value is -1.28. The summed E-state index contributed by atoms with van der Waals surface area (Å²) in [6.07, 6.45) is 5.42. The number of hydrogen-bond donors (Lipinski definition) is 0. The molecule has 2 rings (SSSR count). The third-order valence-electron chi connectivity index (χ3n) is 2.61. The minimum atomic E-state index is 0. The van der Waals surface area contributed by atoms with E-state index in [0.717, 1.165) is 6.42 Å². The van der Waals surface area contributed by atoms with Crippen molar-refractivity contribution in [3.05, 3.63) is 40.9 Å². The maximum atomic E-state index is 2.22. The van der Waals surface area contributed by atoms with Crippen LogP contribution in [0.15, 0.2) is 30.5 Å². The van der Waals surface area contributed by atoms with Crippen molar-refractivity contribution in [1.29, 1.82) is 0 Å². The molecule has 1 heterocycles. The molecule has 18 heavy (non-hydrogen) atoms. The summed E-state index contributed by atoms with van der Waals surface area (Å²) in [5.74, 6) is 0. The molecule has 0 saturated heterocycles. The van der Waals surface area contributed by atoms with E-state index in [9.17, 15) is 0 Å². The van der Waals surface area contributed by atoms with Crippen molar-refractivity contribution in [2.24, 2.45) is 0 Å². The molecule has 0 aliphatic carbocycles. The summed E-state index contributed by atoms with van der Waals surface area (Å²) < 4.78 is 1.39. The first kappa shape index (κ1) is 16.7. The number of fused-ring (bicyclic) bond motifs is 1. The lowest BCUT2D eigenvalue weighted by molar-refractivity contribution is 0.567. The molecule has 0 aliphatic rings. The molecular weight excluding hydrogens is 238 g/mol. The zero-order chi connectivity index (χ0) is 11.5. The zero-order valence-corrected chi connectivity index (χ0v) is 10.8. The van der Waals surface area contributed by atoms with Crippen LogP contribution in [0.1, 0.15) is 32.2 Å². The van der Waals surface area contributed by atoms with E-state index < -0.39 is 0 Å². The SMILES string of the molecule is C.C.CCc1c(/C=C/N(C)C)sc2ccccc12. The molecule has 100 valence electrons. The highest BCUT2D eigenvalue weighted by molar-refractivity contribution is 7.20. The van der Waals surface area contributed by atoms with Gasteiger partial charge in [-0.2, -0.15) is 0 Å². The van der Waals surface area contributed by atoms with Crippen molar-refractivity contribution >= 4 is 27.5 Å². The first-order chi connectivity index (χ1) is 7.72. The summed E-state index contributed by atoms with van der Waals surface area (Å²) in [6, 6.07) is 8.65. The number of benzene rings is 1. The lowest BCUT2D eigenvalue weighted by Crippen LogP contribution is -1.99. The number of nitrogens with zero attached hydrogens (tertiary/aromatic N) is 1. The largest absolute Gasteiger partial charge is 0.383 e. The van der Waals surface area contributed by atoms with E-state index in [1.165, 1.54) is 20.5 Å². The van der Waals surface area contributed by atoms with Gasteiger partial charge in [-0.15, -0.1) is 11.3 Å². The van der Waals surface area contributed by atoms with E-state index in [-0.39, 0.29) is 14.9 Å². The van der Waals surface area contributed by atoms with Crippen LogP contribution in [-0.2, 0) is 6.42 Å². The molecule has 0 saturated carbocycles. The summed E-state index contributed by atoms with van der Waals surface area (Å²) in [5, 5.41) is 1.41. The van der Waals surface area contributed by atoms with Crippen molar-refractivity contribution in [2.45, 2.75) is 28.2 Å². The molecule has 0 unspecified atom stereocenters. The quantitative estimate of drug-likeness (QED) is 0.729. The fourth-order valence-corrected chi connectivity index (χ4v) is 3.02. The molecule has 1 aromatic carbocycles. The van der Waals surface area contributed by atoms with Crippen LogP contribution in [0.5, 0.6) is 0 Å². The third-order valence-corrected chi connectivity index (χ3v) is 3.79. The highest BCUT2D eigenvalue weighted by Gasteiger charge is 2.07. The number of rotatable bonds is 3. The summed E-state index contributed by atoms with van der Waals surface area (Å²) >= 11 is 1.88. The molecule has 2 aromatic rings. The van der Waals surface area contributed by atoms with E-state index in [2.05, 4.69) is 62.5 Å². The maximum Gasteiger partial charge on any atom is 0.0352 e. The summed E-state index contributed by atoms with van der Waals surface area (Å²) in [7, 11) is 4.10. The van der Waals surface area contributed by atoms with Gasteiger partial charge in [-0.1, -0.05) is 40.0 Å². The van der Waals surface area contributed by atoms with Crippen LogP contribution >= 0.6 is 11.3 Å². The van der Waals surface area contributed by atoms with E-state index in [1.807, 2.05) is 11.3 Å². The second kappa shape index (κ2) is 7.22. The van der Waals surface area contributed by atoms with Gasteiger partial charge in [-0.3, -0.25) is 0 Å². The Bertz CT molecular complexity index is 509. The highest BCUT2D eigenvalue weighted by Crippen LogP contribution is 2.32. The summed E-state index contributed by atoms with van der Waals surface area (Å²) in [5.41, 5.74) is 1.47. The minimum absolute atomic E-state index is 0. The van der Waals surface area contributed by atoms with Crippen LogP contribution in [0, 0.1) is 0 Å². The van der Waals surface area contributed by atoms with Gasteiger partial charge in [0.05, 0.1) is 0 Å². The van der Waals surface area contributed by atoms with Crippen LogP contribution in [0.25, 0.3) is 16.2 Å². The Labute approximate surface area is 116 Å². The molecule has 0 N–H and O–H groups in total. The maximum absolute atomic E-state index is 2.22. The van der Waals surface area contributed by atoms with Crippen LogP contribution in [-0.4, -0.2) is 19.0 Å². The van der Waals surface area contributed by atoms with Gasteiger partial charge >= 0.3 is 0 Å². The normalized spacial score (nSPS) is 10.2. The average molecular weight is 263 g/mol. The van der Waals surface area contributed by atoms with Gasteiger partial charge in [0.1, 0.15) is 0 Å². The van der Waals surface area contributed by atoms with E-state index in [0.29, 0.717) is 0 Å². The topological polar surface area (TPSA) is 3.24 Å². The highest BCUT2D eigenvalue weighted by atomic mass is 32.1. The molecule has 1 nitrogen and oxygen atoms in total. The van der Waals surface area contributed by atoms with Crippen molar-refractivity contribution in [2.75, 3.05) is 14.1 Å². The Balaban J connectivity index is 0.00000144. The number of aryl methyl sites for hydroxylation is 1. The third kappa shape index (κ3) is 3.36. The minimum Gasteiger partial charge on any atom is -0.383 e. The lowest BCUT2D eigenvalue weighted by Gasteiger charge is -2.03. The van der Waals surface area contributed by atoms with E-state index in [1.54, 1.807) is 0 Å². The standard InChI is InChI=1S/C14H17NS.2CH4/c1-4-11-12-7-5-6-8-13(12)16-14(11)9-10-15(2)3;;/h5-10H,4H2,1-3H3;2*1H4/b10-9+;;. The molecule has 0 aliphatic heterocycles. The van der Waals surface area contributed by atoms with Gasteiger partial charge in [0.25, 0.3) is 0 Å². The molecule has 0 spiro atoms. The zero-order valence-electron chi connectivity index (χ0n) is 10.0. The average Bonchev–Trinajstić information content (AvgIpc) is 2.63. The Morgan fingerprint density at radius 3 is 2.44 bits per heavy atom. The molecule has 1 aromatic heterocycles. The Kier molecular flexibility index (Phi) is 6.71. The fraction of sp³-hybridized carbons (Fsp3) is 0.375. The Morgan fingerprint density at radius 2 is 1.83 bits per heavy atom. The first-order valence-electron chi connectivity index (χ1n) is 5.57. The molecule has 0 fully saturated rings. The lowest BCUT2D eigenvalue weighted by atomic mass is 10.1. The van der Waals surface area contributed by atoms with Crippen LogP contribution in [0.4, 0.5) is 0 Å². The summed E-state index contributed by atoms with van der Waals surface area (Å²) in [4.78, 5) is 3.46. The van der Waals surface area contributed by atoms with Gasteiger partial charge < -0.3 is 4.90 Å². The molecule has 0 atom stereocenters. The van der Waals surface area contributed by atoms with Gasteiger partial charge in [0, 0.05) is 23.7 Å². The fourth-order valence-electron chi connectivity index (χ4n) is 1.83. The number of thiophene rings is 1. The molecule has 0 bridgehead atoms. The van der Waals surface area contributed by atoms with Crippen molar-refractivity contribution < 1.29 is 0 Å². The van der Waals surface area contributed by atoms with Gasteiger partial charge in [-0.05, 0) is 35.7 Å². The van der Waals surface area contributed by atoms with Crippen LogP contribution in [0.2, 0.25) is 0 Å². The summed E-state index contributed by atoms with van der Waals surface area (Å²) in [6.45, 7) is 2.22. The van der Waals surface area contributed by atoms with Gasteiger partial charge in [0.15, 0.2) is 0 Å². The monoisotopic (exact) mass is 263 g/mol. The van der Waals surface area contributed by atoms with Crippen LogP contribution in [0.3, 0.4) is 0 Å². The predicted octanol–water partition coefficient (Wildman–Crippen LogP) is 5.27. The number of hydrogen-bond acceptors (Lipinski definition) is 2. The smallest absolute Gasteiger partial charge is 0.0352 e. The van der Waals surface area contributed by atoms with Crippen molar-refractivity contribution in [3.63, 3.8) is 0 Å².